The molecule has 4 N–H and O–H groups in total. The highest BCUT2D eigenvalue weighted by Crippen LogP contribution is 2.36. The van der Waals surface area contributed by atoms with E-state index in [4.69, 9.17) is 10.1 Å². The van der Waals surface area contributed by atoms with E-state index >= 15 is 4.39 Å². The van der Waals surface area contributed by atoms with Crippen molar-refractivity contribution in [3.05, 3.63) is 75.0 Å². The van der Waals surface area contributed by atoms with Crippen molar-refractivity contribution >= 4 is 23.2 Å². The lowest BCUT2D eigenvalue weighted by atomic mass is 10.00. The first-order chi connectivity index (χ1) is 21.8. The summed E-state index contributed by atoms with van der Waals surface area (Å²) >= 11 is 0. The zero-order chi connectivity index (χ0) is 31.2. The van der Waals surface area contributed by atoms with E-state index < -0.39 is 18.3 Å². The maximum Gasteiger partial charge on any atom is 0.274 e. The number of carbonyl (C=O) groups is 1. The van der Waals surface area contributed by atoms with Gasteiger partial charge in [0, 0.05) is 87.2 Å². The summed E-state index contributed by atoms with van der Waals surface area (Å²) in [4.78, 5) is 35.1. The Balaban J connectivity index is 1.17. The molecule has 2 saturated heterocycles. The standard InChI is InChI=1S/C32H37FN8O4/c1-38-14-19(12-24(31(38)43)37-27(34)13-20-15-39(11-8-35-20)21-17-45-18-21)22-5-7-36-30(23(22)16-42)41-10-6-25-28(32(41)44)29(33)26-4-2-3-9-40(25)26/h5,7,12-14,21,35,42H,2-4,6,8-11,15-18H2,1H3,(H2,34,37)/b20-13-. The number of piperazine rings is 1. The summed E-state index contributed by atoms with van der Waals surface area (Å²) in [7, 11) is 1.62. The number of amidine groups is 1. The second-order valence-corrected chi connectivity index (χ2v) is 12.1. The van der Waals surface area contributed by atoms with Crippen LogP contribution >= 0.6 is 0 Å². The van der Waals surface area contributed by atoms with Gasteiger partial charge >= 0.3 is 0 Å². The molecule has 3 aromatic rings. The molecule has 0 spiro atoms. The van der Waals surface area contributed by atoms with Crippen molar-refractivity contribution in [2.75, 3.05) is 49.6 Å². The fourth-order valence-corrected chi connectivity index (χ4v) is 6.90. The molecule has 12 nitrogen and oxygen atoms in total. The van der Waals surface area contributed by atoms with E-state index in [1.807, 2.05) is 4.57 Å². The molecule has 0 aliphatic carbocycles. The summed E-state index contributed by atoms with van der Waals surface area (Å²) in [5.74, 6) is -0.581. The lowest BCUT2D eigenvalue weighted by Gasteiger charge is -2.40. The lowest BCUT2D eigenvalue weighted by molar-refractivity contribution is -0.0644. The van der Waals surface area contributed by atoms with Crippen LogP contribution in [0.1, 0.15) is 40.2 Å². The molecule has 7 heterocycles. The molecule has 0 bridgehead atoms. The van der Waals surface area contributed by atoms with Crippen LogP contribution in [0.5, 0.6) is 0 Å². The van der Waals surface area contributed by atoms with Gasteiger partial charge < -0.3 is 29.6 Å². The number of anilines is 2. The predicted octanol–water partition coefficient (Wildman–Crippen LogP) is 2.00. The van der Waals surface area contributed by atoms with Crippen molar-refractivity contribution in [1.29, 1.82) is 5.41 Å². The summed E-state index contributed by atoms with van der Waals surface area (Å²) in [5.41, 5.74) is 3.77. The summed E-state index contributed by atoms with van der Waals surface area (Å²) in [6.07, 6.45) is 7.85. The maximum atomic E-state index is 15.5. The van der Waals surface area contributed by atoms with Crippen molar-refractivity contribution in [3.63, 3.8) is 0 Å². The smallest absolute Gasteiger partial charge is 0.274 e. The predicted molar refractivity (Wildman–Crippen MR) is 167 cm³/mol. The fraction of sp³-hybridized carbons (Fsp3) is 0.438. The minimum atomic E-state index is -0.459. The highest BCUT2D eigenvalue weighted by Gasteiger charge is 2.37. The highest BCUT2D eigenvalue weighted by molar-refractivity contribution is 6.08. The number of aliphatic hydroxyl groups is 1. The number of nitrogens with one attached hydrogen (secondary N) is 3. The van der Waals surface area contributed by atoms with Crippen LogP contribution < -0.4 is 21.1 Å². The lowest BCUT2D eigenvalue weighted by Crippen LogP contribution is -2.55. The first kappa shape index (κ1) is 29.4. The third kappa shape index (κ3) is 5.24. The molecule has 7 rings (SSSR count). The van der Waals surface area contributed by atoms with Gasteiger partial charge in [-0.3, -0.25) is 24.8 Å². The van der Waals surface area contributed by atoms with Crippen LogP contribution in [0.25, 0.3) is 11.1 Å². The van der Waals surface area contributed by atoms with Gasteiger partial charge in [-0.1, -0.05) is 0 Å². The van der Waals surface area contributed by atoms with Crippen LogP contribution in [-0.2, 0) is 37.8 Å². The second kappa shape index (κ2) is 11.9. The SMILES string of the molecule is Cn1cc(-c2ccnc(N3CCc4c(c(F)c5n4CCCC5)C3=O)c2CO)cc(NC(=N)/C=C2/CN(C3COC3)CCN2)c1=O. The third-order valence-electron chi connectivity index (χ3n) is 9.28. The van der Waals surface area contributed by atoms with E-state index in [9.17, 15) is 14.7 Å². The second-order valence-electron chi connectivity index (χ2n) is 12.1. The first-order valence-electron chi connectivity index (χ1n) is 15.5. The van der Waals surface area contributed by atoms with E-state index in [0.29, 0.717) is 60.9 Å². The summed E-state index contributed by atoms with van der Waals surface area (Å²) < 4.78 is 24.2. The van der Waals surface area contributed by atoms with Gasteiger partial charge in [0.2, 0.25) is 0 Å². The Morgan fingerprint density at radius 3 is 2.84 bits per heavy atom. The number of carbonyl (C=O) groups excluding carboxylic acids is 1. The van der Waals surface area contributed by atoms with E-state index in [0.717, 1.165) is 50.5 Å². The number of nitrogens with zero attached hydrogens (tertiary/aromatic N) is 5. The van der Waals surface area contributed by atoms with E-state index in [-0.39, 0.29) is 28.5 Å². The molecule has 236 valence electrons. The molecule has 1 amide bonds. The molecule has 3 aromatic heterocycles. The third-order valence-corrected chi connectivity index (χ3v) is 9.28. The van der Waals surface area contributed by atoms with Crippen molar-refractivity contribution in [1.82, 2.24) is 24.3 Å². The fourth-order valence-electron chi connectivity index (χ4n) is 6.90. The van der Waals surface area contributed by atoms with Crippen LogP contribution in [0.2, 0.25) is 0 Å². The average Bonchev–Trinajstić information content (AvgIpc) is 3.30. The molecule has 2 fully saturated rings. The number of hydrogen-bond donors (Lipinski definition) is 4. The Labute approximate surface area is 259 Å². The molecule has 0 radical (unpaired) electrons. The van der Waals surface area contributed by atoms with Gasteiger partial charge in [-0.15, -0.1) is 0 Å². The van der Waals surface area contributed by atoms with Crippen LogP contribution in [0.15, 0.2) is 41.1 Å². The van der Waals surface area contributed by atoms with Crippen LogP contribution in [-0.4, -0.2) is 81.3 Å². The number of aromatic nitrogens is 3. The highest BCUT2D eigenvalue weighted by atomic mass is 19.1. The van der Waals surface area contributed by atoms with E-state index in [2.05, 4.69) is 20.5 Å². The average molecular weight is 617 g/mol. The van der Waals surface area contributed by atoms with Gasteiger partial charge in [0.15, 0.2) is 5.82 Å². The van der Waals surface area contributed by atoms with Gasteiger partial charge in [0.25, 0.3) is 11.5 Å². The van der Waals surface area contributed by atoms with Gasteiger partial charge in [0.05, 0.1) is 37.1 Å². The van der Waals surface area contributed by atoms with Crippen molar-refractivity contribution < 1.29 is 19.0 Å². The zero-order valence-electron chi connectivity index (χ0n) is 25.2. The number of amides is 1. The number of aryl methyl sites for hydroxylation is 1. The number of rotatable bonds is 6. The Bertz CT molecular complexity index is 1780. The number of aliphatic hydroxyl groups excluding tert-OH is 1. The van der Waals surface area contributed by atoms with Gasteiger partial charge in [-0.25, -0.2) is 9.37 Å². The van der Waals surface area contributed by atoms with Crippen LogP contribution in [0.4, 0.5) is 15.9 Å². The van der Waals surface area contributed by atoms with E-state index in [1.165, 1.54) is 9.47 Å². The van der Waals surface area contributed by atoms with Crippen LogP contribution in [0.3, 0.4) is 0 Å². The minimum absolute atomic E-state index is 0.0586. The Kier molecular flexibility index (Phi) is 7.76. The van der Waals surface area contributed by atoms with Crippen molar-refractivity contribution in [2.24, 2.45) is 7.05 Å². The van der Waals surface area contributed by atoms with Gasteiger partial charge in [0.1, 0.15) is 17.3 Å². The molecule has 13 heteroatoms. The number of halogens is 1. The topological polar surface area (TPSA) is 141 Å². The minimum Gasteiger partial charge on any atom is -0.392 e. The Morgan fingerprint density at radius 2 is 2.07 bits per heavy atom. The Morgan fingerprint density at radius 1 is 1.22 bits per heavy atom. The van der Waals surface area contributed by atoms with Crippen LogP contribution in [0, 0.1) is 11.2 Å². The molecule has 45 heavy (non-hydrogen) atoms. The molecule has 0 unspecified atom stereocenters. The molecule has 0 aromatic carbocycles. The monoisotopic (exact) mass is 616 g/mol. The van der Waals surface area contributed by atoms with E-state index in [1.54, 1.807) is 37.7 Å². The summed E-state index contributed by atoms with van der Waals surface area (Å²) in [6.45, 7) is 4.38. The maximum absolute atomic E-state index is 15.5. The molecular weight excluding hydrogens is 579 g/mol. The zero-order valence-corrected chi connectivity index (χ0v) is 25.2. The number of pyridine rings is 2. The summed E-state index contributed by atoms with van der Waals surface area (Å²) in [5, 5.41) is 25.4. The normalized spacial score (nSPS) is 19.6. The van der Waals surface area contributed by atoms with Gasteiger partial charge in [-0.05, 0) is 37.0 Å². The first-order valence-corrected chi connectivity index (χ1v) is 15.5. The Hall–Kier alpha value is -4.33. The molecule has 0 saturated carbocycles. The quantitative estimate of drug-likeness (QED) is 0.244. The largest absolute Gasteiger partial charge is 0.392 e. The molecular formula is C32H37FN8O4. The van der Waals surface area contributed by atoms with Crippen molar-refractivity contribution in [2.45, 2.75) is 44.9 Å². The molecule has 4 aliphatic rings. The summed E-state index contributed by atoms with van der Waals surface area (Å²) in [6, 6.07) is 3.74. The van der Waals surface area contributed by atoms with Crippen molar-refractivity contribution in [3.8, 4) is 11.1 Å². The molecule has 4 aliphatic heterocycles. The number of hydrogen-bond acceptors (Lipinski definition) is 8. The molecule has 0 atom stereocenters. The number of fused-ring (bicyclic) bond motifs is 3. The number of ether oxygens (including phenoxy) is 1. The van der Waals surface area contributed by atoms with Gasteiger partial charge in [-0.2, -0.15) is 0 Å².